The molecule has 0 spiro atoms. The smallest absolute Gasteiger partial charge is 0.222 e. The fourth-order valence-corrected chi connectivity index (χ4v) is 1.71. The summed E-state index contributed by atoms with van der Waals surface area (Å²) in [5.41, 5.74) is 0.987. The van der Waals surface area contributed by atoms with Crippen LogP contribution in [0.15, 0.2) is 36.7 Å². The van der Waals surface area contributed by atoms with Crippen molar-refractivity contribution in [1.29, 1.82) is 0 Å². The van der Waals surface area contributed by atoms with E-state index in [4.69, 9.17) is 4.74 Å². The van der Waals surface area contributed by atoms with E-state index in [1.165, 1.54) is 9.90 Å². The minimum absolute atomic E-state index is 0.372. The van der Waals surface area contributed by atoms with Crippen molar-refractivity contribution in [2.24, 2.45) is 0 Å². The highest BCUT2D eigenvalue weighted by molar-refractivity contribution is 14.1. The fraction of sp³-hybridized carbons (Fsp3) is 0.231. The summed E-state index contributed by atoms with van der Waals surface area (Å²) >= 11 is 2.26. The third-order valence-corrected chi connectivity index (χ3v) is 3.01. The summed E-state index contributed by atoms with van der Waals surface area (Å²) in [6.07, 6.45) is 1.54. The Morgan fingerprint density at radius 3 is 2.47 bits per heavy atom. The molecule has 0 saturated heterocycles. The van der Waals surface area contributed by atoms with Gasteiger partial charge in [-0.15, -0.1) is 0 Å². The summed E-state index contributed by atoms with van der Waals surface area (Å²) in [5.74, 6) is 1.75. The van der Waals surface area contributed by atoms with Gasteiger partial charge in [-0.3, -0.25) is 0 Å². The van der Waals surface area contributed by atoms with Crippen LogP contribution in [-0.2, 0) is 0 Å². The molecule has 3 nitrogen and oxygen atoms in total. The zero-order chi connectivity index (χ0) is 12.3. The van der Waals surface area contributed by atoms with Crippen molar-refractivity contribution < 1.29 is 4.74 Å². The van der Waals surface area contributed by atoms with E-state index in [1.807, 2.05) is 30.3 Å². The molecule has 0 atom stereocenters. The predicted octanol–water partition coefficient (Wildman–Crippen LogP) is 4.00. The van der Waals surface area contributed by atoms with Gasteiger partial charge in [0.25, 0.3) is 0 Å². The Morgan fingerprint density at radius 2 is 1.82 bits per heavy atom. The van der Waals surface area contributed by atoms with Gasteiger partial charge in [0, 0.05) is 9.64 Å². The minimum atomic E-state index is 0.372. The lowest BCUT2D eigenvalue weighted by molar-refractivity contribution is 0.459. The Kier molecular flexibility index (Phi) is 3.93. The largest absolute Gasteiger partial charge is 0.439 e. The first-order valence-corrected chi connectivity index (χ1v) is 6.48. The van der Waals surface area contributed by atoms with Gasteiger partial charge in [0.15, 0.2) is 0 Å². The van der Waals surface area contributed by atoms with Crippen LogP contribution in [0.25, 0.3) is 0 Å². The molecule has 2 aromatic rings. The first-order valence-electron chi connectivity index (χ1n) is 5.40. The molecule has 0 aliphatic carbocycles. The number of ether oxygens (including phenoxy) is 1. The van der Waals surface area contributed by atoms with Gasteiger partial charge in [-0.25, -0.2) is 9.97 Å². The molecular formula is C13H13IN2O. The Morgan fingerprint density at radius 1 is 1.12 bits per heavy atom. The molecule has 0 radical (unpaired) electrons. The normalized spacial score (nSPS) is 10.6. The van der Waals surface area contributed by atoms with E-state index in [-0.39, 0.29) is 0 Å². The lowest BCUT2D eigenvalue weighted by Crippen LogP contribution is -1.95. The summed E-state index contributed by atoms with van der Waals surface area (Å²) in [4.78, 5) is 8.31. The molecule has 0 saturated carbocycles. The van der Waals surface area contributed by atoms with Crippen molar-refractivity contribution in [2.75, 3.05) is 0 Å². The maximum Gasteiger partial charge on any atom is 0.222 e. The summed E-state index contributed by atoms with van der Waals surface area (Å²) in [6.45, 7) is 4.19. The van der Waals surface area contributed by atoms with Crippen LogP contribution < -0.4 is 4.74 Å². The zero-order valence-electron chi connectivity index (χ0n) is 9.72. The van der Waals surface area contributed by atoms with E-state index in [9.17, 15) is 0 Å². The third-order valence-electron chi connectivity index (χ3n) is 2.29. The van der Waals surface area contributed by atoms with Crippen LogP contribution in [0.1, 0.15) is 25.5 Å². The molecule has 0 N–H and O–H groups in total. The second-order valence-electron chi connectivity index (χ2n) is 3.99. The Hall–Kier alpha value is -1.17. The van der Waals surface area contributed by atoms with Gasteiger partial charge in [-0.05, 0) is 52.8 Å². The minimum Gasteiger partial charge on any atom is -0.439 e. The summed E-state index contributed by atoms with van der Waals surface area (Å²) in [6, 6.07) is 9.74. The molecule has 0 fully saturated rings. The van der Waals surface area contributed by atoms with Gasteiger partial charge in [0.1, 0.15) is 12.1 Å². The van der Waals surface area contributed by atoms with Crippen molar-refractivity contribution in [3.05, 3.63) is 45.9 Å². The highest BCUT2D eigenvalue weighted by Gasteiger charge is 2.04. The maximum atomic E-state index is 5.67. The number of rotatable bonds is 3. The highest BCUT2D eigenvalue weighted by Crippen LogP contribution is 2.22. The molecule has 88 valence electrons. The Balaban J connectivity index is 2.18. The maximum absolute atomic E-state index is 5.67. The lowest BCUT2D eigenvalue weighted by atomic mass is 10.1. The SMILES string of the molecule is CC(C)c1cc(Oc2ccc(I)cc2)ncn1. The zero-order valence-corrected chi connectivity index (χ0v) is 11.9. The van der Waals surface area contributed by atoms with E-state index in [1.54, 1.807) is 0 Å². The number of aromatic nitrogens is 2. The summed E-state index contributed by atoms with van der Waals surface area (Å²) in [7, 11) is 0. The molecule has 1 aromatic carbocycles. The van der Waals surface area contributed by atoms with Crippen molar-refractivity contribution in [2.45, 2.75) is 19.8 Å². The molecule has 0 aliphatic rings. The molecule has 0 bridgehead atoms. The van der Waals surface area contributed by atoms with E-state index in [0.717, 1.165) is 11.4 Å². The number of hydrogen-bond donors (Lipinski definition) is 0. The van der Waals surface area contributed by atoms with Crippen molar-refractivity contribution in [3.8, 4) is 11.6 Å². The van der Waals surface area contributed by atoms with E-state index in [2.05, 4.69) is 46.4 Å². The standard InChI is InChI=1S/C13H13IN2O/c1-9(2)12-7-13(16-8-15-12)17-11-5-3-10(14)4-6-11/h3-9H,1-2H3. The fourth-order valence-electron chi connectivity index (χ4n) is 1.35. The second-order valence-corrected chi connectivity index (χ2v) is 5.24. The van der Waals surface area contributed by atoms with Crippen molar-refractivity contribution in [3.63, 3.8) is 0 Å². The third kappa shape index (κ3) is 3.39. The van der Waals surface area contributed by atoms with E-state index in [0.29, 0.717) is 11.8 Å². The van der Waals surface area contributed by atoms with Crippen LogP contribution in [-0.4, -0.2) is 9.97 Å². The lowest BCUT2D eigenvalue weighted by Gasteiger charge is -2.07. The van der Waals surface area contributed by atoms with Crippen LogP contribution in [0, 0.1) is 3.57 Å². The van der Waals surface area contributed by atoms with Gasteiger partial charge in [0.05, 0.1) is 5.69 Å². The van der Waals surface area contributed by atoms with Gasteiger partial charge < -0.3 is 4.74 Å². The molecule has 17 heavy (non-hydrogen) atoms. The highest BCUT2D eigenvalue weighted by atomic mass is 127. The van der Waals surface area contributed by atoms with Crippen LogP contribution >= 0.6 is 22.6 Å². The van der Waals surface area contributed by atoms with Crippen LogP contribution in [0.4, 0.5) is 0 Å². The molecule has 1 aromatic heterocycles. The van der Waals surface area contributed by atoms with E-state index >= 15 is 0 Å². The molecular weight excluding hydrogens is 327 g/mol. The number of hydrogen-bond acceptors (Lipinski definition) is 3. The van der Waals surface area contributed by atoms with Gasteiger partial charge >= 0.3 is 0 Å². The first kappa shape index (κ1) is 12.3. The first-order chi connectivity index (χ1) is 8.15. The van der Waals surface area contributed by atoms with Crippen LogP contribution in [0.5, 0.6) is 11.6 Å². The second kappa shape index (κ2) is 5.44. The van der Waals surface area contributed by atoms with Crippen LogP contribution in [0.2, 0.25) is 0 Å². The van der Waals surface area contributed by atoms with Gasteiger partial charge in [-0.2, -0.15) is 0 Å². The molecule has 0 amide bonds. The Bertz CT molecular complexity index is 497. The van der Waals surface area contributed by atoms with Crippen molar-refractivity contribution >= 4 is 22.6 Å². The molecule has 2 rings (SSSR count). The Labute approximate surface area is 114 Å². The van der Waals surface area contributed by atoms with Crippen molar-refractivity contribution in [1.82, 2.24) is 9.97 Å². The topological polar surface area (TPSA) is 35.0 Å². The summed E-state index contributed by atoms with van der Waals surface area (Å²) < 4.78 is 6.85. The average Bonchev–Trinajstić information content (AvgIpc) is 2.32. The van der Waals surface area contributed by atoms with Gasteiger partial charge in [-0.1, -0.05) is 13.8 Å². The number of nitrogens with zero attached hydrogens (tertiary/aromatic N) is 2. The average molecular weight is 340 g/mol. The molecule has 0 aliphatic heterocycles. The number of benzene rings is 1. The monoisotopic (exact) mass is 340 g/mol. The number of halogens is 1. The predicted molar refractivity (Wildman–Crippen MR) is 75.4 cm³/mol. The summed E-state index contributed by atoms with van der Waals surface area (Å²) in [5, 5.41) is 0. The quantitative estimate of drug-likeness (QED) is 0.793. The molecule has 4 heteroatoms. The van der Waals surface area contributed by atoms with E-state index < -0.39 is 0 Å². The van der Waals surface area contributed by atoms with Crippen LogP contribution in [0.3, 0.4) is 0 Å². The molecule has 1 heterocycles. The molecule has 0 unspecified atom stereocenters. The van der Waals surface area contributed by atoms with Gasteiger partial charge in [0.2, 0.25) is 5.88 Å².